The fourth-order valence-electron chi connectivity index (χ4n) is 1.77. The molecule has 0 saturated heterocycles. The summed E-state index contributed by atoms with van der Waals surface area (Å²) in [6.45, 7) is 2.15. The van der Waals surface area contributed by atoms with Crippen molar-refractivity contribution >= 4 is 32.8 Å². The second-order valence-electron chi connectivity index (χ2n) is 3.63. The summed E-state index contributed by atoms with van der Waals surface area (Å²) < 4.78 is 1.34. The van der Waals surface area contributed by atoms with Crippen LogP contribution in [-0.4, -0.2) is 4.98 Å². The van der Waals surface area contributed by atoms with Gasteiger partial charge in [0.1, 0.15) is 0 Å². The van der Waals surface area contributed by atoms with E-state index in [-0.39, 0.29) is 0 Å². The van der Waals surface area contributed by atoms with Gasteiger partial charge in [0, 0.05) is 26.4 Å². The van der Waals surface area contributed by atoms with Crippen molar-refractivity contribution in [2.75, 3.05) is 0 Å². The topological polar surface area (TPSA) is 12.9 Å². The third-order valence-corrected chi connectivity index (χ3v) is 4.57. The van der Waals surface area contributed by atoms with Crippen molar-refractivity contribution in [3.05, 3.63) is 40.0 Å². The normalized spacial score (nSPS) is 11.1. The highest BCUT2D eigenvalue weighted by Crippen LogP contribution is 2.34. The molecule has 0 saturated carbocycles. The van der Waals surface area contributed by atoms with E-state index in [1.165, 1.54) is 20.7 Å². The van der Waals surface area contributed by atoms with Crippen LogP contribution in [-0.2, 0) is 6.42 Å². The van der Waals surface area contributed by atoms with Crippen LogP contribution in [0.3, 0.4) is 0 Å². The molecule has 0 bridgehead atoms. The number of hydrogen-bond donors (Lipinski definition) is 0. The van der Waals surface area contributed by atoms with Crippen LogP contribution in [0.15, 0.2) is 35.0 Å². The number of aromatic nitrogens is 1. The summed E-state index contributed by atoms with van der Waals surface area (Å²) in [5, 5.41) is 6.90. The van der Waals surface area contributed by atoms with Gasteiger partial charge in [-0.15, -0.1) is 22.7 Å². The number of thiophene rings is 1. The highest BCUT2D eigenvalue weighted by atomic mass is 32.1. The van der Waals surface area contributed by atoms with E-state index >= 15 is 0 Å². The van der Waals surface area contributed by atoms with Crippen LogP contribution in [0, 0.1) is 0 Å². The molecule has 1 nitrogen and oxygen atoms in total. The van der Waals surface area contributed by atoms with E-state index in [2.05, 4.69) is 46.9 Å². The molecule has 0 radical (unpaired) electrons. The summed E-state index contributed by atoms with van der Waals surface area (Å²) in [7, 11) is 0. The van der Waals surface area contributed by atoms with Gasteiger partial charge in [-0.25, -0.2) is 4.98 Å². The van der Waals surface area contributed by atoms with Gasteiger partial charge in [0.05, 0.1) is 10.7 Å². The highest BCUT2D eigenvalue weighted by Gasteiger charge is 2.08. The lowest BCUT2D eigenvalue weighted by atomic mass is 10.1. The summed E-state index contributed by atoms with van der Waals surface area (Å²) in [4.78, 5) is 4.65. The fraction of sp³-hybridized carbons (Fsp3) is 0.154. The summed E-state index contributed by atoms with van der Waals surface area (Å²) in [6.07, 6.45) is 1.02. The zero-order chi connectivity index (χ0) is 11.0. The SMILES string of the molecule is CCc1nc(-c2csc3ccccc23)cs1. The van der Waals surface area contributed by atoms with Crippen LogP contribution in [0.5, 0.6) is 0 Å². The van der Waals surface area contributed by atoms with Crippen molar-refractivity contribution in [3.63, 3.8) is 0 Å². The zero-order valence-corrected chi connectivity index (χ0v) is 10.6. The van der Waals surface area contributed by atoms with Gasteiger partial charge in [0.2, 0.25) is 0 Å². The summed E-state index contributed by atoms with van der Waals surface area (Å²) in [6, 6.07) is 8.51. The number of nitrogens with zero attached hydrogens (tertiary/aromatic N) is 1. The number of rotatable bonds is 2. The van der Waals surface area contributed by atoms with Crippen molar-refractivity contribution in [3.8, 4) is 11.3 Å². The number of hydrogen-bond acceptors (Lipinski definition) is 3. The summed E-state index contributed by atoms with van der Waals surface area (Å²) >= 11 is 3.54. The average molecular weight is 245 g/mol. The Kier molecular flexibility index (Phi) is 2.50. The minimum atomic E-state index is 1.02. The Labute approximate surface area is 102 Å². The Bertz CT molecular complexity index is 621. The van der Waals surface area contributed by atoms with Gasteiger partial charge in [0.25, 0.3) is 0 Å². The molecule has 0 atom stereocenters. The molecule has 3 aromatic rings. The molecule has 0 aliphatic heterocycles. The molecular formula is C13H11NS2. The van der Waals surface area contributed by atoms with E-state index in [1.54, 1.807) is 22.7 Å². The lowest BCUT2D eigenvalue weighted by Crippen LogP contribution is -1.78. The first-order valence-corrected chi connectivity index (χ1v) is 7.05. The Morgan fingerprint density at radius 2 is 2.00 bits per heavy atom. The smallest absolute Gasteiger partial charge is 0.0929 e. The molecule has 0 N–H and O–H groups in total. The van der Waals surface area contributed by atoms with E-state index in [0.717, 1.165) is 12.1 Å². The van der Waals surface area contributed by atoms with E-state index in [1.807, 2.05) is 0 Å². The van der Waals surface area contributed by atoms with E-state index < -0.39 is 0 Å². The highest BCUT2D eigenvalue weighted by molar-refractivity contribution is 7.17. The molecule has 0 aliphatic carbocycles. The molecule has 0 aliphatic rings. The van der Waals surface area contributed by atoms with Crippen LogP contribution in [0.1, 0.15) is 11.9 Å². The zero-order valence-electron chi connectivity index (χ0n) is 8.93. The van der Waals surface area contributed by atoms with Gasteiger partial charge in [0.15, 0.2) is 0 Å². The van der Waals surface area contributed by atoms with E-state index in [0.29, 0.717) is 0 Å². The third kappa shape index (κ3) is 1.56. The molecule has 80 valence electrons. The second-order valence-corrected chi connectivity index (χ2v) is 5.48. The number of thiazole rings is 1. The predicted molar refractivity (Wildman–Crippen MR) is 72.3 cm³/mol. The molecule has 3 rings (SSSR count). The Hall–Kier alpha value is -1.19. The standard InChI is InChI=1S/C13H11NS2/c1-2-13-14-11(8-16-13)10-7-15-12-6-4-3-5-9(10)12/h3-8H,2H2,1H3. The van der Waals surface area contributed by atoms with Crippen LogP contribution >= 0.6 is 22.7 Å². The second kappa shape index (κ2) is 4.00. The third-order valence-electron chi connectivity index (χ3n) is 2.61. The van der Waals surface area contributed by atoms with Gasteiger partial charge >= 0.3 is 0 Å². The molecule has 1 aromatic carbocycles. The van der Waals surface area contributed by atoms with Crippen LogP contribution in [0.25, 0.3) is 21.3 Å². The predicted octanol–water partition coefficient (Wildman–Crippen LogP) is 4.59. The molecule has 2 aromatic heterocycles. The average Bonchev–Trinajstić information content (AvgIpc) is 2.94. The fourth-order valence-corrected chi connectivity index (χ4v) is 3.47. The summed E-state index contributed by atoms with van der Waals surface area (Å²) in [5.41, 5.74) is 2.40. The van der Waals surface area contributed by atoms with Gasteiger partial charge in [-0.3, -0.25) is 0 Å². The maximum absolute atomic E-state index is 4.65. The molecular weight excluding hydrogens is 234 g/mol. The Balaban J connectivity index is 2.18. The van der Waals surface area contributed by atoms with E-state index in [4.69, 9.17) is 0 Å². The molecule has 0 fully saturated rings. The van der Waals surface area contributed by atoms with Gasteiger partial charge in [-0.1, -0.05) is 25.1 Å². The van der Waals surface area contributed by atoms with E-state index in [9.17, 15) is 0 Å². The van der Waals surface area contributed by atoms with Crippen LogP contribution in [0.2, 0.25) is 0 Å². The van der Waals surface area contributed by atoms with Crippen molar-refractivity contribution in [2.45, 2.75) is 13.3 Å². The molecule has 16 heavy (non-hydrogen) atoms. The molecule has 3 heteroatoms. The van der Waals surface area contributed by atoms with Crippen LogP contribution < -0.4 is 0 Å². The quantitative estimate of drug-likeness (QED) is 0.643. The number of aryl methyl sites for hydroxylation is 1. The van der Waals surface area contributed by atoms with Gasteiger partial charge < -0.3 is 0 Å². The molecule has 2 heterocycles. The summed E-state index contributed by atoms with van der Waals surface area (Å²) in [5.74, 6) is 0. The minimum Gasteiger partial charge on any atom is -0.241 e. The maximum Gasteiger partial charge on any atom is 0.0929 e. The Morgan fingerprint density at radius 1 is 1.12 bits per heavy atom. The van der Waals surface area contributed by atoms with Crippen LogP contribution in [0.4, 0.5) is 0 Å². The monoisotopic (exact) mass is 245 g/mol. The van der Waals surface area contributed by atoms with Crippen molar-refractivity contribution in [1.82, 2.24) is 4.98 Å². The first-order valence-electron chi connectivity index (χ1n) is 5.29. The van der Waals surface area contributed by atoms with Gasteiger partial charge in [-0.2, -0.15) is 0 Å². The number of fused-ring (bicyclic) bond motifs is 1. The lowest BCUT2D eigenvalue weighted by Gasteiger charge is -1.93. The van der Waals surface area contributed by atoms with Gasteiger partial charge in [-0.05, 0) is 12.5 Å². The largest absolute Gasteiger partial charge is 0.241 e. The van der Waals surface area contributed by atoms with Crippen molar-refractivity contribution < 1.29 is 0 Å². The Morgan fingerprint density at radius 3 is 2.81 bits per heavy atom. The molecule has 0 amide bonds. The minimum absolute atomic E-state index is 1.02. The first kappa shape index (κ1) is 10.00. The van der Waals surface area contributed by atoms with Crippen molar-refractivity contribution in [2.24, 2.45) is 0 Å². The number of benzene rings is 1. The molecule has 0 unspecified atom stereocenters. The lowest BCUT2D eigenvalue weighted by molar-refractivity contribution is 1.10. The molecule has 0 spiro atoms. The maximum atomic E-state index is 4.65. The van der Waals surface area contributed by atoms with Crippen molar-refractivity contribution in [1.29, 1.82) is 0 Å². The first-order chi connectivity index (χ1) is 7.88.